The van der Waals surface area contributed by atoms with Gasteiger partial charge in [0.25, 0.3) is 0 Å². The standard InChI is InChI=1S/C74H12O/c75-73(11-6-2-1-3-7-11)13-9-5-4-8-12(13)10-74-70-66-60-46-38-30-18-15-14-16-19(18)31-33-29-23(16)25-21-17(14)20-24-22(15)28-32(30)44(46)52-50-36(28)34(24)42-40-26(20)27(21)41-43-35(25)37(29)51-53-45(33)47(39(31)38)61(60)67(70)63(53)65-57(51)55(43)59-49(41)48(40)58-54(42)56(50)64(62(52)66)71(74)68(58)69(59)72(65)74/h1-9,70H,10H2. The number of carbonyl (C=O) groups excluding carboxylic acids is 1. The van der Waals surface area contributed by atoms with E-state index in [4.69, 9.17) is 0 Å². The van der Waals surface area contributed by atoms with E-state index in [0.29, 0.717) is 0 Å². The SMILES string of the molecule is O=C(c1ccccc1)c1ccccc1CC12c3c4c5c6c7c8c(c9c%10c1c1c3c3c%11c4c4c5c5c7c7c%12c8c8c9c9c%10c%10c1c1c3c3c%11c%11c4c4c5c7c5c7c%12c8c8c9c9c%10c1c1c3c3c%11c4c5c4c7c8c9c1c34)C62. The van der Waals surface area contributed by atoms with Gasteiger partial charge in [-0.25, -0.2) is 0 Å². The highest BCUT2D eigenvalue weighted by atomic mass is 16.1. The molecule has 4 aliphatic carbocycles. The molecule has 0 bridgehead atoms. The second-order valence-corrected chi connectivity index (χ2v) is 26.8. The Balaban J connectivity index is 1.06. The Morgan fingerprint density at radius 2 is 0.493 bits per heavy atom. The third-order valence-electron chi connectivity index (χ3n) is 26.1. The van der Waals surface area contributed by atoms with Crippen LogP contribution in [0, 0.1) is 0 Å². The van der Waals surface area contributed by atoms with Gasteiger partial charge in [-0.15, -0.1) is 0 Å². The van der Waals surface area contributed by atoms with E-state index in [1.807, 2.05) is 30.3 Å². The van der Waals surface area contributed by atoms with Crippen LogP contribution in [0.2, 0.25) is 0 Å². The van der Waals surface area contributed by atoms with Crippen molar-refractivity contribution in [2.45, 2.75) is 17.8 Å². The molecule has 0 N–H and O–H groups in total. The van der Waals surface area contributed by atoms with E-state index in [2.05, 4.69) is 24.3 Å². The summed E-state index contributed by atoms with van der Waals surface area (Å²) in [5, 5.41) is 87.8. The molecule has 0 amide bonds. The minimum Gasteiger partial charge on any atom is -0.289 e. The van der Waals surface area contributed by atoms with E-state index < -0.39 is 5.41 Å². The van der Waals surface area contributed by atoms with Gasteiger partial charge in [-0.05, 0) is 325 Å². The normalized spacial score (nSPS) is 20.0. The van der Waals surface area contributed by atoms with Crippen molar-refractivity contribution < 1.29 is 4.79 Å². The molecule has 0 atom stereocenters. The first-order valence-corrected chi connectivity index (χ1v) is 27.8. The van der Waals surface area contributed by atoms with Gasteiger partial charge in [0.15, 0.2) is 5.78 Å². The fourth-order valence-electron chi connectivity index (χ4n) is 25.6. The van der Waals surface area contributed by atoms with Crippen molar-refractivity contribution in [3.05, 3.63) is 93.5 Å². The van der Waals surface area contributed by atoms with Crippen LogP contribution in [0.15, 0.2) is 54.6 Å². The summed E-state index contributed by atoms with van der Waals surface area (Å²) < 4.78 is 0. The zero-order valence-corrected chi connectivity index (χ0v) is 38.4. The van der Waals surface area contributed by atoms with Crippen LogP contribution >= 0.6 is 0 Å². The largest absolute Gasteiger partial charge is 0.289 e. The molecular weight excluding hydrogens is 905 g/mol. The molecular formula is C74H12O. The molecule has 0 saturated carbocycles. The second-order valence-electron chi connectivity index (χ2n) is 26.8. The van der Waals surface area contributed by atoms with Gasteiger partial charge in [-0.2, -0.15) is 0 Å². The molecule has 30 aromatic carbocycles. The van der Waals surface area contributed by atoms with Gasteiger partial charge in [0.2, 0.25) is 0 Å². The Hall–Kier alpha value is -9.43. The fourth-order valence-corrected chi connectivity index (χ4v) is 25.6. The number of benzene rings is 20. The average Bonchev–Trinajstić information content (AvgIpc) is 1.99. The lowest BCUT2D eigenvalue weighted by Gasteiger charge is -2.46. The molecule has 34 rings (SSSR count). The Labute approximate surface area is 410 Å². The van der Waals surface area contributed by atoms with Crippen LogP contribution in [-0.4, -0.2) is 5.78 Å². The van der Waals surface area contributed by atoms with Crippen LogP contribution in [0.5, 0.6) is 0 Å². The number of hydrogen-bond donors (Lipinski definition) is 0. The lowest BCUT2D eigenvalue weighted by molar-refractivity contribution is 0.103. The average molecular weight is 917 g/mol. The van der Waals surface area contributed by atoms with Crippen LogP contribution < -0.4 is 0 Å². The van der Waals surface area contributed by atoms with Crippen molar-refractivity contribution in [2.75, 3.05) is 0 Å². The van der Waals surface area contributed by atoms with E-state index in [1.54, 1.807) is 313 Å². The molecule has 0 heterocycles. The van der Waals surface area contributed by atoms with Gasteiger partial charge in [0.1, 0.15) is 0 Å². The van der Waals surface area contributed by atoms with Crippen molar-refractivity contribution in [3.8, 4) is 0 Å². The third kappa shape index (κ3) is 1.67. The Morgan fingerprint density at radius 1 is 0.267 bits per heavy atom. The van der Waals surface area contributed by atoms with Gasteiger partial charge in [0, 0.05) is 22.5 Å². The van der Waals surface area contributed by atoms with Crippen molar-refractivity contribution in [2.24, 2.45) is 0 Å². The minimum absolute atomic E-state index is 0.142. The Kier molecular flexibility index (Phi) is 2.61. The summed E-state index contributed by atoms with van der Waals surface area (Å²) in [7, 11) is 0. The molecule has 0 aromatic heterocycles. The van der Waals surface area contributed by atoms with Crippen LogP contribution in [0.4, 0.5) is 0 Å². The van der Waals surface area contributed by atoms with E-state index >= 15 is 4.79 Å². The van der Waals surface area contributed by atoms with E-state index in [-0.39, 0.29) is 11.7 Å². The molecule has 4 aliphatic rings. The molecule has 1 heteroatoms. The smallest absolute Gasteiger partial charge is 0.193 e. The quantitative estimate of drug-likeness (QED) is 0.127. The highest BCUT2D eigenvalue weighted by molar-refractivity contribution is 6.82. The summed E-state index contributed by atoms with van der Waals surface area (Å²) in [6.07, 6.45) is 0.808. The van der Waals surface area contributed by atoms with E-state index in [1.165, 1.54) is 5.56 Å². The Morgan fingerprint density at radius 3 is 0.800 bits per heavy atom. The third-order valence-corrected chi connectivity index (χ3v) is 26.1. The predicted molar refractivity (Wildman–Crippen MR) is 315 cm³/mol. The maximum absolute atomic E-state index is 15.3. The molecule has 30 aromatic rings. The maximum atomic E-state index is 15.3. The van der Waals surface area contributed by atoms with Crippen molar-refractivity contribution in [1.82, 2.24) is 0 Å². The first-order valence-electron chi connectivity index (χ1n) is 27.8. The molecule has 314 valence electrons. The summed E-state index contributed by atoms with van der Waals surface area (Å²) in [6.45, 7) is 0. The summed E-state index contributed by atoms with van der Waals surface area (Å²) in [6, 6.07) is 19.1. The molecule has 0 fully saturated rings. The van der Waals surface area contributed by atoms with Crippen molar-refractivity contribution in [3.63, 3.8) is 0 Å². The van der Waals surface area contributed by atoms with Crippen LogP contribution in [0.3, 0.4) is 0 Å². The minimum atomic E-state index is -0.418. The Bertz CT molecular complexity index is 7540. The molecule has 0 unspecified atom stereocenters. The highest BCUT2D eigenvalue weighted by Crippen LogP contribution is 2.84. The first kappa shape index (κ1) is 28.7. The second kappa shape index (κ2) is 6.82. The summed E-state index contributed by atoms with van der Waals surface area (Å²) in [4.78, 5) is 15.3. The number of carbonyl (C=O) groups is 1. The number of ketones is 1. The van der Waals surface area contributed by atoms with Gasteiger partial charge in [0.05, 0.1) is 0 Å². The molecule has 1 nitrogen and oxygen atoms in total. The zero-order valence-electron chi connectivity index (χ0n) is 38.4. The van der Waals surface area contributed by atoms with Crippen molar-refractivity contribution in [1.29, 1.82) is 0 Å². The van der Waals surface area contributed by atoms with Gasteiger partial charge < -0.3 is 0 Å². The lowest BCUT2D eigenvalue weighted by Crippen LogP contribution is -2.39. The van der Waals surface area contributed by atoms with Gasteiger partial charge >= 0.3 is 0 Å². The van der Waals surface area contributed by atoms with E-state index in [9.17, 15) is 0 Å². The summed E-state index contributed by atoms with van der Waals surface area (Å²) in [5.41, 5.74) is 9.12. The van der Waals surface area contributed by atoms with Gasteiger partial charge in [-0.3, -0.25) is 4.79 Å². The lowest BCUT2D eigenvalue weighted by atomic mass is 9.55. The van der Waals surface area contributed by atoms with E-state index in [0.717, 1.165) is 17.5 Å². The number of hydrogen-bond acceptors (Lipinski definition) is 1. The monoisotopic (exact) mass is 916 g/mol. The summed E-state index contributed by atoms with van der Waals surface area (Å²) >= 11 is 0. The topological polar surface area (TPSA) is 17.1 Å². The van der Waals surface area contributed by atoms with Crippen molar-refractivity contribution >= 4 is 297 Å². The highest BCUT2D eigenvalue weighted by Gasteiger charge is 2.63. The zero-order chi connectivity index (χ0) is 44.9. The van der Waals surface area contributed by atoms with Gasteiger partial charge in [-0.1, -0.05) is 54.6 Å². The van der Waals surface area contributed by atoms with Crippen LogP contribution in [-0.2, 0) is 11.8 Å². The number of rotatable bonds is 4. The molecule has 0 aliphatic heterocycles. The molecule has 0 radical (unpaired) electrons. The summed E-state index contributed by atoms with van der Waals surface area (Å²) in [5.74, 6) is 0.290. The molecule has 75 heavy (non-hydrogen) atoms. The van der Waals surface area contributed by atoms with Crippen LogP contribution in [0.1, 0.15) is 49.7 Å². The molecule has 0 saturated heterocycles. The first-order chi connectivity index (χ1) is 37.3. The van der Waals surface area contributed by atoms with Crippen LogP contribution in [0.25, 0.3) is 291 Å². The fraction of sp³-hybridized carbons (Fsp3) is 0.0405. The molecule has 0 spiro atoms. The predicted octanol–water partition coefficient (Wildman–Crippen LogP) is 19.6. The maximum Gasteiger partial charge on any atom is 0.193 e.